The molecule has 3 heterocycles. The number of aliphatic hydroxyl groups is 1. The number of sulfone groups is 1. The molecule has 1 aliphatic carbocycles. The minimum Gasteiger partial charge on any atom is -0.396 e. The van der Waals surface area contributed by atoms with E-state index < -0.39 is 9.84 Å². The lowest BCUT2D eigenvalue weighted by atomic mass is 9.95. The fourth-order valence-corrected chi connectivity index (χ4v) is 6.13. The second-order valence-corrected chi connectivity index (χ2v) is 9.69. The summed E-state index contributed by atoms with van der Waals surface area (Å²) in [6, 6.07) is 2.00. The van der Waals surface area contributed by atoms with Crippen LogP contribution in [0.3, 0.4) is 0 Å². The van der Waals surface area contributed by atoms with Crippen LogP contribution in [-0.4, -0.2) is 51.0 Å². The number of fused-ring (bicyclic) bond motifs is 3. The summed E-state index contributed by atoms with van der Waals surface area (Å²) in [5.41, 5.74) is 3.78. The Labute approximate surface area is 152 Å². The van der Waals surface area contributed by atoms with Gasteiger partial charge in [-0.25, -0.2) is 18.4 Å². The third kappa shape index (κ3) is 3.12. The molecule has 0 amide bonds. The maximum absolute atomic E-state index is 12.3. The van der Waals surface area contributed by atoms with Crippen molar-refractivity contribution in [1.29, 1.82) is 0 Å². The van der Waals surface area contributed by atoms with Gasteiger partial charge in [0.05, 0.1) is 23.2 Å². The smallest absolute Gasteiger partial charge is 0.156 e. The van der Waals surface area contributed by atoms with Gasteiger partial charge in [0, 0.05) is 30.6 Å². The quantitative estimate of drug-likeness (QED) is 0.686. The van der Waals surface area contributed by atoms with E-state index in [0.29, 0.717) is 12.3 Å². The van der Waals surface area contributed by atoms with E-state index in [4.69, 9.17) is 5.11 Å². The molecule has 8 heteroatoms. The van der Waals surface area contributed by atoms with Gasteiger partial charge in [-0.2, -0.15) is 0 Å². The molecule has 26 heavy (non-hydrogen) atoms. The number of hydrogen-bond acceptors (Lipinski definition) is 5. The van der Waals surface area contributed by atoms with Crippen LogP contribution >= 0.6 is 0 Å². The first-order valence-corrected chi connectivity index (χ1v) is 10.9. The molecule has 0 radical (unpaired) electrons. The number of hydrogen-bond donors (Lipinski definition) is 2. The SMILES string of the molecule is C[C@@H]1C[C@H](CS(=O)(=O)CCCO)C[C@@H]1c1cnc2cnc3[nH]ccc3n12. The molecule has 140 valence electrons. The Hall–Kier alpha value is -1.93. The molecule has 0 unspecified atom stereocenters. The van der Waals surface area contributed by atoms with Crippen LogP contribution in [-0.2, 0) is 9.84 Å². The zero-order valence-corrected chi connectivity index (χ0v) is 15.6. The molecule has 0 bridgehead atoms. The van der Waals surface area contributed by atoms with Crippen molar-refractivity contribution in [2.75, 3.05) is 18.1 Å². The number of H-pyrrole nitrogens is 1. The summed E-state index contributed by atoms with van der Waals surface area (Å²) < 4.78 is 26.7. The van der Waals surface area contributed by atoms with E-state index in [2.05, 4.69) is 26.3 Å². The van der Waals surface area contributed by atoms with Crippen LogP contribution in [0.1, 0.15) is 37.8 Å². The zero-order valence-electron chi connectivity index (χ0n) is 14.8. The lowest BCUT2D eigenvalue weighted by Crippen LogP contribution is -2.18. The monoisotopic (exact) mass is 376 g/mol. The van der Waals surface area contributed by atoms with Crippen molar-refractivity contribution < 1.29 is 13.5 Å². The number of aromatic nitrogens is 4. The molecule has 3 atom stereocenters. The molecule has 4 rings (SSSR count). The summed E-state index contributed by atoms with van der Waals surface area (Å²) in [7, 11) is -3.11. The van der Waals surface area contributed by atoms with Crippen molar-refractivity contribution >= 4 is 26.6 Å². The van der Waals surface area contributed by atoms with Crippen molar-refractivity contribution in [2.24, 2.45) is 11.8 Å². The first-order chi connectivity index (χ1) is 12.5. The number of nitrogens with one attached hydrogen (secondary N) is 1. The predicted octanol–water partition coefficient (Wildman–Crippen LogP) is 2.14. The van der Waals surface area contributed by atoms with Gasteiger partial charge in [-0.05, 0) is 37.2 Å². The van der Waals surface area contributed by atoms with E-state index >= 15 is 0 Å². The molecule has 3 aromatic heterocycles. The first kappa shape index (κ1) is 17.5. The molecule has 3 aromatic rings. The number of aromatic amines is 1. The minimum atomic E-state index is -3.11. The highest BCUT2D eigenvalue weighted by atomic mass is 32.2. The van der Waals surface area contributed by atoms with Gasteiger partial charge in [0.2, 0.25) is 0 Å². The van der Waals surface area contributed by atoms with Crippen LogP contribution in [0.2, 0.25) is 0 Å². The van der Waals surface area contributed by atoms with Crippen LogP contribution in [0.5, 0.6) is 0 Å². The molecule has 2 N–H and O–H groups in total. The Morgan fingerprint density at radius 3 is 2.96 bits per heavy atom. The van der Waals surface area contributed by atoms with Crippen LogP contribution in [0.4, 0.5) is 0 Å². The van der Waals surface area contributed by atoms with Crippen molar-refractivity contribution in [3.63, 3.8) is 0 Å². The number of rotatable bonds is 6. The average molecular weight is 376 g/mol. The Bertz CT molecular complexity index is 1020. The normalized spacial score (nSPS) is 24.0. The van der Waals surface area contributed by atoms with Crippen LogP contribution in [0.25, 0.3) is 16.8 Å². The van der Waals surface area contributed by atoms with Gasteiger partial charge >= 0.3 is 0 Å². The van der Waals surface area contributed by atoms with Crippen LogP contribution in [0.15, 0.2) is 24.7 Å². The van der Waals surface area contributed by atoms with Gasteiger partial charge in [-0.3, -0.25) is 4.40 Å². The van der Waals surface area contributed by atoms with E-state index in [1.807, 2.05) is 18.5 Å². The van der Waals surface area contributed by atoms with E-state index in [-0.39, 0.29) is 29.9 Å². The van der Waals surface area contributed by atoms with Gasteiger partial charge in [0.25, 0.3) is 0 Å². The standard InChI is InChI=1S/C18H24N4O3S/c1-12-7-13(11-26(24,25)6-2-5-23)8-14(12)16-9-20-17-10-21-18-15(22(16)17)3-4-19-18/h3-4,9-10,12-14,19,23H,2,5-8,11H2,1H3/t12-,13+,14+/m1/s1. The van der Waals surface area contributed by atoms with E-state index in [1.54, 1.807) is 6.20 Å². The molecular formula is C18H24N4O3S. The molecular weight excluding hydrogens is 352 g/mol. The van der Waals surface area contributed by atoms with E-state index in [0.717, 1.165) is 35.3 Å². The zero-order chi connectivity index (χ0) is 18.3. The second-order valence-electron chi connectivity index (χ2n) is 7.46. The maximum atomic E-state index is 12.3. The Balaban J connectivity index is 1.61. The summed E-state index contributed by atoms with van der Waals surface area (Å²) in [5.74, 6) is 1.13. The lowest BCUT2D eigenvalue weighted by Gasteiger charge is -2.15. The topological polar surface area (TPSA) is 100 Å². The molecule has 0 aromatic carbocycles. The fourth-order valence-electron chi connectivity index (χ4n) is 4.41. The Morgan fingerprint density at radius 2 is 2.15 bits per heavy atom. The molecule has 0 spiro atoms. The molecule has 7 nitrogen and oxygen atoms in total. The highest BCUT2D eigenvalue weighted by Crippen LogP contribution is 2.43. The molecule has 0 saturated heterocycles. The molecule has 1 saturated carbocycles. The third-order valence-corrected chi connectivity index (χ3v) is 7.42. The summed E-state index contributed by atoms with van der Waals surface area (Å²) in [6.07, 6.45) is 7.61. The second kappa shape index (κ2) is 6.66. The van der Waals surface area contributed by atoms with Gasteiger partial charge < -0.3 is 10.1 Å². The fraction of sp³-hybridized carbons (Fsp3) is 0.556. The maximum Gasteiger partial charge on any atom is 0.156 e. The van der Waals surface area contributed by atoms with Crippen molar-refractivity contribution in [2.45, 2.75) is 32.1 Å². The number of aliphatic hydroxyl groups excluding tert-OH is 1. The van der Waals surface area contributed by atoms with Gasteiger partial charge in [-0.15, -0.1) is 0 Å². The third-order valence-electron chi connectivity index (χ3n) is 5.53. The predicted molar refractivity (Wildman–Crippen MR) is 99.8 cm³/mol. The van der Waals surface area contributed by atoms with Gasteiger partial charge in [0.15, 0.2) is 21.1 Å². The van der Waals surface area contributed by atoms with E-state index in [1.165, 1.54) is 0 Å². The molecule has 1 fully saturated rings. The Kier molecular flexibility index (Phi) is 4.48. The number of nitrogens with zero attached hydrogens (tertiary/aromatic N) is 3. The van der Waals surface area contributed by atoms with Gasteiger partial charge in [-0.1, -0.05) is 6.92 Å². The van der Waals surface area contributed by atoms with E-state index in [9.17, 15) is 8.42 Å². The molecule has 0 aliphatic heterocycles. The largest absolute Gasteiger partial charge is 0.396 e. The number of imidazole rings is 1. The first-order valence-electron chi connectivity index (χ1n) is 9.09. The summed E-state index contributed by atoms with van der Waals surface area (Å²) in [6.45, 7) is 2.12. The highest BCUT2D eigenvalue weighted by molar-refractivity contribution is 7.91. The van der Waals surface area contributed by atoms with Crippen molar-refractivity contribution in [3.8, 4) is 0 Å². The van der Waals surface area contributed by atoms with Crippen molar-refractivity contribution in [1.82, 2.24) is 19.4 Å². The summed E-state index contributed by atoms with van der Waals surface area (Å²) in [4.78, 5) is 12.0. The van der Waals surface area contributed by atoms with Crippen LogP contribution in [0, 0.1) is 11.8 Å². The minimum absolute atomic E-state index is 0.0737. The average Bonchev–Trinajstić information content (AvgIpc) is 3.29. The lowest BCUT2D eigenvalue weighted by molar-refractivity contribution is 0.295. The Morgan fingerprint density at radius 1 is 1.31 bits per heavy atom. The van der Waals surface area contributed by atoms with Gasteiger partial charge in [0.1, 0.15) is 0 Å². The molecule has 1 aliphatic rings. The summed E-state index contributed by atoms with van der Waals surface area (Å²) in [5, 5.41) is 8.89. The van der Waals surface area contributed by atoms with Crippen molar-refractivity contribution in [3.05, 3.63) is 30.4 Å². The highest BCUT2D eigenvalue weighted by Gasteiger charge is 2.36. The van der Waals surface area contributed by atoms with Crippen LogP contribution < -0.4 is 0 Å². The summed E-state index contributed by atoms with van der Waals surface area (Å²) >= 11 is 0.